The third kappa shape index (κ3) is 5.02. The summed E-state index contributed by atoms with van der Waals surface area (Å²) in [6.07, 6.45) is 1.12. The number of carbonyl (C=O) groups excluding carboxylic acids is 2. The number of aromatic hydroxyl groups is 1. The Labute approximate surface area is 152 Å². The monoisotopic (exact) mass is 357 g/mol. The molecule has 0 unspecified atom stereocenters. The largest absolute Gasteiger partial charge is 0.492 e. The van der Waals surface area contributed by atoms with Gasteiger partial charge in [-0.3, -0.25) is 9.59 Å². The lowest BCUT2D eigenvalue weighted by Crippen LogP contribution is -2.32. The number of hydrogen-bond donors (Lipinski definition) is 2. The minimum atomic E-state index is -0.698. The number of amides is 1. The number of hydrogen-bond acceptors (Lipinski definition) is 6. The van der Waals surface area contributed by atoms with Gasteiger partial charge in [0.15, 0.2) is 5.69 Å². The van der Waals surface area contributed by atoms with E-state index < -0.39 is 17.8 Å². The second-order valence-corrected chi connectivity index (χ2v) is 6.43. The molecule has 0 saturated heterocycles. The van der Waals surface area contributed by atoms with E-state index in [9.17, 15) is 14.7 Å². The Hall–Kier alpha value is -2.96. The fourth-order valence-corrected chi connectivity index (χ4v) is 2.25. The number of nitrogens with zero attached hydrogens (tertiary/aromatic N) is 2. The average molecular weight is 357 g/mol. The van der Waals surface area contributed by atoms with Gasteiger partial charge in [0.05, 0.1) is 18.0 Å². The Morgan fingerprint density at radius 2 is 1.81 bits per heavy atom. The predicted octanol–water partition coefficient (Wildman–Crippen LogP) is 2.65. The SMILES string of the molecule is CC(C)OC(=O)CNC(=O)c1nc(-c2ccc(C(C)C)cc2)cnc1O. The van der Waals surface area contributed by atoms with Crippen molar-refractivity contribution in [3.05, 3.63) is 41.7 Å². The molecule has 2 aromatic rings. The van der Waals surface area contributed by atoms with Crippen molar-refractivity contribution < 1.29 is 19.4 Å². The summed E-state index contributed by atoms with van der Waals surface area (Å²) in [7, 11) is 0. The molecule has 0 bridgehead atoms. The normalized spacial score (nSPS) is 10.8. The number of carbonyl (C=O) groups is 2. The molecule has 0 aliphatic heterocycles. The van der Waals surface area contributed by atoms with Crippen molar-refractivity contribution in [1.82, 2.24) is 15.3 Å². The lowest BCUT2D eigenvalue weighted by Gasteiger charge is -2.10. The molecule has 2 rings (SSSR count). The van der Waals surface area contributed by atoms with Gasteiger partial charge in [-0.05, 0) is 25.3 Å². The molecule has 0 atom stereocenters. The number of esters is 1. The smallest absolute Gasteiger partial charge is 0.325 e. The highest BCUT2D eigenvalue weighted by Crippen LogP contribution is 2.23. The van der Waals surface area contributed by atoms with Gasteiger partial charge in [-0.25, -0.2) is 9.97 Å². The van der Waals surface area contributed by atoms with Gasteiger partial charge in [0.2, 0.25) is 5.88 Å². The maximum atomic E-state index is 12.2. The van der Waals surface area contributed by atoms with E-state index in [4.69, 9.17) is 4.74 Å². The van der Waals surface area contributed by atoms with Crippen molar-refractivity contribution in [2.24, 2.45) is 0 Å². The van der Waals surface area contributed by atoms with E-state index in [-0.39, 0.29) is 18.3 Å². The van der Waals surface area contributed by atoms with Crippen LogP contribution in [0.1, 0.15) is 49.7 Å². The highest BCUT2D eigenvalue weighted by molar-refractivity contribution is 5.96. The molecule has 0 radical (unpaired) electrons. The highest BCUT2D eigenvalue weighted by Gasteiger charge is 2.17. The lowest BCUT2D eigenvalue weighted by atomic mass is 10.0. The Kier molecular flexibility index (Phi) is 6.27. The average Bonchev–Trinajstić information content (AvgIpc) is 2.59. The van der Waals surface area contributed by atoms with Crippen molar-refractivity contribution in [2.45, 2.75) is 39.7 Å². The maximum Gasteiger partial charge on any atom is 0.325 e. The fourth-order valence-electron chi connectivity index (χ4n) is 2.25. The standard InChI is InChI=1S/C19H23N3O4/c1-11(2)13-5-7-14(8-6-13)15-9-20-18(24)17(22-15)19(25)21-10-16(23)26-12(3)4/h5-9,11-12H,10H2,1-4H3,(H,20,24)(H,21,25). The summed E-state index contributed by atoms with van der Waals surface area (Å²) < 4.78 is 4.94. The van der Waals surface area contributed by atoms with E-state index in [1.54, 1.807) is 13.8 Å². The van der Waals surface area contributed by atoms with Gasteiger partial charge in [-0.1, -0.05) is 38.1 Å². The molecule has 0 fully saturated rings. The Balaban J connectivity index is 2.16. The van der Waals surface area contributed by atoms with Crippen molar-refractivity contribution in [2.75, 3.05) is 6.54 Å². The van der Waals surface area contributed by atoms with Crippen molar-refractivity contribution >= 4 is 11.9 Å². The van der Waals surface area contributed by atoms with Crippen molar-refractivity contribution in [3.63, 3.8) is 0 Å². The summed E-state index contributed by atoms with van der Waals surface area (Å²) >= 11 is 0. The summed E-state index contributed by atoms with van der Waals surface area (Å²) in [6.45, 7) is 7.31. The molecular formula is C19H23N3O4. The van der Waals surface area contributed by atoms with Crippen LogP contribution in [0.15, 0.2) is 30.5 Å². The lowest BCUT2D eigenvalue weighted by molar-refractivity contribution is -0.146. The van der Waals surface area contributed by atoms with Gasteiger partial charge in [-0.15, -0.1) is 0 Å². The topological polar surface area (TPSA) is 101 Å². The molecule has 0 aliphatic rings. The van der Waals surface area contributed by atoms with Gasteiger partial charge >= 0.3 is 5.97 Å². The van der Waals surface area contributed by atoms with Gasteiger partial charge in [0.1, 0.15) is 6.54 Å². The quantitative estimate of drug-likeness (QED) is 0.771. The van der Waals surface area contributed by atoms with Crippen LogP contribution < -0.4 is 5.32 Å². The van der Waals surface area contributed by atoms with Crippen molar-refractivity contribution in [1.29, 1.82) is 0 Å². The van der Waals surface area contributed by atoms with Crippen LogP contribution in [0.5, 0.6) is 5.88 Å². The molecule has 1 amide bonds. The molecule has 0 spiro atoms. The summed E-state index contributed by atoms with van der Waals surface area (Å²) in [5, 5.41) is 12.2. The molecule has 7 nitrogen and oxygen atoms in total. The van der Waals surface area contributed by atoms with Gasteiger partial charge in [0, 0.05) is 5.56 Å². The second kappa shape index (κ2) is 8.42. The summed E-state index contributed by atoms with van der Waals surface area (Å²) in [4.78, 5) is 31.7. The molecule has 0 aliphatic carbocycles. The number of aromatic nitrogens is 2. The zero-order valence-corrected chi connectivity index (χ0v) is 15.3. The molecule has 2 N–H and O–H groups in total. The zero-order chi connectivity index (χ0) is 19.3. The minimum absolute atomic E-state index is 0.243. The first kappa shape index (κ1) is 19.4. The number of ether oxygens (including phenoxy) is 1. The second-order valence-electron chi connectivity index (χ2n) is 6.43. The van der Waals surface area contributed by atoms with Crippen molar-refractivity contribution in [3.8, 4) is 17.1 Å². The number of nitrogens with one attached hydrogen (secondary N) is 1. The van der Waals surface area contributed by atoms with E-state index in [0.717, 1.165) is 5.56 Å². The van der Waals surface area contributed by atoms with Crippen LogP contribution in [0.25, 0.3) is 11.3 Å². The third-order valence-electron chi connectivity index (χ3n) is 3.60. The molecule has 1 aromatic carbocycles. The third-order valence-corrected chi connectivity index (χ3v) is 3.60. The van der Waals surface area contributed by atoms with E-state index in [0.29, 0.717) is 11.6 Å². The molecule has 26 heavy (non-hydrogen) atoms. The zero-order valence-electron chi connectivity index (χ0n) is 15.3. The van der Waals surface area contributed by atoms with E-state index in [1.165, 1.54) is 11.8 Å². The Morgan fingerprint density at radius 1 is 1.15 bits per heavy atom. The number of benzene rings is 1. The molecule has 1 aromatic heterocycles. The van der Waals surface area contributed by atoms with E-state index >= 15 is 0 Å². The Morgan fingerprint density at radius 3 is 2.38 bits per heavy atom. The van der Waals surface area contributed by atoms with Crippen LogP contribution in [0.2, 0.25) is 0 Å². The molecule has 7 heteroatoms. The van der Waals surface area contributed by atoms with Gasteiger partial charge < -0.3 is 15.2 Å². The van der Waals surface area contributed by atoms with Gasteiger partial charge in [-0.2, -0.15) is 0 Å². The van der Waals surface area contributed by atoms with Crippen LogP contribution in [0.3, 0.4) is 0 Å². The molecule has 138 valence electrons. The molecule has 1 heterocycles. The number of rotatable bonds is 6. The first-order chi connectivity index (χ1) is 12.3. The first-order valence-corrected chi connectivity index (χ1v) is 8.42. The van der Waals surface area contributed by atoms with Crippen LogP contribution >= 0.6 is 0 Å². The van der Waals surface area contributed by atoms with E-state index in [2.05, 4.69) is 29.1 Å². The predicted molar refractivity (Wildman–Crippen MR) is 96.8 cm³/mol. The Bertz CT molecular complexity index is 786. The van der Waals surface area contributed by atoms with Crippen LogP contribution in [0, 0.1) is 0 Å². The van der Waals surface area contributed by atoms with Crippen LogP contribution in [-0.4, -0.2) is 39.6 Å². The van der Waals surface area contributed by atoms with Crippen LogP contribution in [0.4, 0.5) is 0 Å². The first-order valence-electron chi connectivity index (χ1n) is 8.42. The minimum Gasteiger partial charge on any atom is -0.492 e. The fraction of sp³-hybridized carbons (Fsp3) is 0.368. The summed E-state index contributed by atoms with van der Waals surface area (Å²) in [6, 6.07) is 7.74. The summed E-state index contributed by atoms with van der Waals surface area (Å²) in [5.74, 6) is -1.36. The maximum absolute atomic E-state index is 12.2. The molecule has 0 saturated carbocycles. The van der Waals surface area contributed by atoms with Gasteiger partial charge in [0.25, 0.3) is 5.91 Å². The summed E-state index contributed by atoms with van der Waals surface area (Å²) in [5.41, 5.74) is 2.16. The van der Waals surface area contributed by atoms with Crippen LogP contribution in [-0.2, 0) is 9.53 Å². The molecular weight excluding hydrogens is 334 g/mol. The highest BCUT2D eigenvalue weighted by atomic mass is 16.5. The van der Waals surface area contributed by atoms with E-state index in [1.807, 2.05) is 24.3 Å².